The van der Waals surface area contributed by atoms with Crippen molar-refractivity contribution >= 4 is 5.69 Å². The van der Waals surface area contributed by atoms with Gasteiger partial charge in [0.1, 0.15) is 5.82 Å². The van der Waals surface area contributed by atoms with Crippen molar-refractivity contribution in [1.29, 1.82) is 0 Å². The second-order valence-electron chi connectivity index (χ2n) is 3.47. The minimum Gasteiger partial charge on any atom is -0.398 e. The molecular weight excluding hydrogens is 204 g/mol. The first kappa shape index (κ1) is 10.6. The molecule has 2 aromatic heterocycles. The minimum atomic E-state index is -0.0958. The Kier molecular flexibility index (Phi) is 3.13. The lowest BCUT2D eigenvalue weighted by molar-refractivity contribution is 0.527. The average molecular weight is 218 g/mol. The van der Waals surface area contributed by atoms with E-state index in [4.69, 9.17) is 11.6 Å². The van der Waals surface area contributed by atoms with Crippen molar-refractivity contribution in [2.45, 2.75) is 12.5 Å². The first-order chi connectivity index (χ1) is 7.81. The Morgan fingerprint density at radius 2 is 2.31 bits per heavy atom. The van der Waals surface area contributed by atoms with Gasteiger partial charge in [-0.15, -0.1) is 0 Å². The maximum Gasteiger partial charge on any atom is 0.124 e. The number of hydrazine groups is 1. The molecule has 0 fully saturated rings. The molecule has 16 heavy (non-hydrogen) atoms. The molecule has 0 aromatic carbocycles. The molecule has 1 unspecified atom stereocenters. The van der Waals surface area contributed by atoms with E-state index in [1.54, 1.807) is 30.9 Å². The Hall–Kier alpha value is -1.92. The van der Waals surface area contributed by atoms with Gasteiger partial charge in [0.05, 0.1) is 6.04 Å². The first-order valence-corrected chi connectivity index (χ1v) is 4.95. The summed E-state index contributed by atoms with van der Waals surface area (Å²) in [6.07, 6.45) is 7.49. The summed E-state index contributed by atoms with van der Waals surface area (Å²) in [6.45, 7) is 0. The zero-order valence-corrected chi connectivity index (χ0v) is 8.72. The monoisotopic (exact) mass is 218 g/mol. The van der Waals surface area contributed by atoms with Gasteiger partial charge in [0.15, 0.2) is 0 Å². The smallest absolute Gasteiger partial charge is 0.124 e. The van der Waals surface area contributed by atoms with Gasteiger partial charge in [0.2, 0.25) is 0 Å². The zero-order chi connectivity index (χ0) is 11.4. The fraction of sp³-hybridized carbons (Fsp3) is 0.200. The number of hydrogen-bond acceptors (Lipinski definition) is 5. The summed E-state index contributed by atoms with van der Waals surface area (Å²) in [5, 5.41) is 0. The predicted molar refractivity (Wildman–Crippen MR) is 61.0 cm³/mol. The number of pyridine rings is 1. The van der Waals surface area contributed by atoms with Crippen molar-refractivity contribution < 1.29 is 0 Å². The molecule has 0 spiro atoms. The minimum absolute atomic E-state index is 0.0958. The van der Waals surface area contributed by atoms with E-state index in [1.807, 2.05) is 0 Å². The molecular formula is C10H14N6. The number of nitrogens with two attached hydrogens (primary N) is 2. The van der Waals surface area contributed by atoms with E-state index >= 15 is 0 Å². The molecule has 6 heteroatoms. The van der Waals surface area contributed by atoms with E-state index < -0.39 is 0 Å². The van der Waals surface area contributed by atoms with Gasteiger partial charge in [-0.2, -0.15) is 0 Å². The fourth-order valence-corrected chi connectivity index (χ4v) is 1.53. The SMILES string of the molecule is NNC(Cc1cnccc1N)c1ncc[nH]1. The summed E-state index contributed by atoms with van der Waals surface area (Å²) in [4.78, 5) is 11.2. The van der Waals surface area contributed by atoms with Crippen LogP contribution >= 0.6 is 0 Å². The van der Waals surface area contributed by atoms with Crippen LogP contribution in [-0.4, -0.2) is 15.0 Å². The summed E-state index contributed by atoms with van der Waals surface area (Å²) in [6, 6.07) is 1.67. The number of anilines is 1. The highest BCUT2D eigenvalue weighted by Crippen LogP contribution is 2.17. The topological polar surface area (TPSA) is 106 Å². The summed E-state index contributed by atoms with van der Waals surface area (Å²) in [5.74, 6) is 6.27. The maximum atomic E-state index is 5.84. The van der Waals surface area contributed by atoms with Crippen LogP contribution < -0.4 is 17.0 Å². The van der Waals surface area contributed by atoms with E-state index in [1.165, 1.54) is 0 Å². The Labute approximate surface area is 93.1 Å². The largest absolute Gasteiger partial charge is 0.398 e. The van der Waals surface area contributed by atoms with Gasteiger partial charge >= 0.3 is 0 Å². The van der Waals surface area contributed by atoms with Gasteiger partial charge in [0.25, 0.3) is 0 Å². The molecule has 2 rings (SSSR count). The van der Waals surface area contributed by atoms with Crippen molar-refractivity contribution in [3.63, 3.8) is 0 Å². The van der Waals surface area contributed by atoms with Gasteiger partial charge in [-0.05, 0) is 18.1 Å². The van der Waals surface area contributed by atoms with E-state index in [-0.39, 0.29) is 6.04 Å². The molecule has 2 aromatic rings. The van der Waals surface area contributed by atoms with E-state index in [9.17, 15) is 0 Å². The quantitative estimate of drug-likeness (QED) is 0.431. The van der Waals surface area contributed by atoms with Crippen molar-refractivity contribution in [3.8, 4) is 0 Å². The number of aromatic nitrogens is 3. The second-order valence-corrected chi connectivity index (χ2v) is 3.47. The Balaban J connectivity index is 2.17. The standard InChI is InChI=1S/C10H14N6/c11-8-1-2-13-6-7(8)5-9(16-12)10-14-3-4-15-10/h1-4,6,9,16H,5,12H2,(H2,11,13)(H,14,15). The highest BCUT2D eigenvalue weighted by Gasteiger charge is 2.14. The molecule has 0 radical (unpaired) electrons. The normalized spacial score (nSPS) is 12.6. The molecule has 0 aliphatic carbocycles. The van der Waals surface area contributed by atoms with Gasteiger partial charge in [0, 0.05) is 30.5 Å². The predicted octanol–water partition coefficient (Wildman–Crippen LogP) is 0.134. The van der Waals surface area contributed by atoms with Gasteiger partial charge in [-0.1, -0.05) is 0 Å². The van der Waals surface area contributed by atoms with Crippen LogP contribution in [0.3, 0.4) is 0 Å². The number of imidazole rings is 1. The second kappa shape index (κ2) is 4.73. The van der Waals surface area contributed by atoms with E-state index in [0.29, 0.717) is 12.1 Å². The molecule has 0 bridgehead atoms. The van der Waals surface area contributed by atoms with Crippen molar-refractivity contribution in [2.24, 2.45) is 5.84 Å². The number of H-pyrrole nitrogens is 1. The molecule has 1 atom stereocenters. The molecule has 0 saturated carbocycles. The number of rotatable bonds is 4. The van der Waals surface area contributed by atoms with Crippen LogP contribution in [0.5, 0.6) is 0 Å². The summed E-state index contributed by atoms with van der Waals surface area (Å²) in [5.41, 5.74) is 10.2. The Bertz CT molecular complexity index is 438. The number of hydrogen-bond donors (Lipinski definition) is 4. The molecule has 6 N–H and O–H groups in total. The molecule has 0 saturated heterocycles. The third-order valence-electron chi connectivity index (χ3n) is 2.42. The average Bonchev–Trinajstić information content (AvgIpc) is 2.81. The third-order valence-corrected chi connectivity index (χ3v) is 2.42. The first-order valence-electron chi connectivity index (χ1n) is 4.95. The fourth-order valence-electron chi connectivity index (χ4n) is 1.53. The van der Waals surface area contributed by atoms with Crippen LogP contribution in [0.4, 0.5) is 5.69 Å². The summed E-state index contributed by atoms with van der Waals surface area (Å²) < 4.78 is 0. The van der Waals surface area contributed by atoms with Gasteiger partial charge in [-0.3, -0.25) is 10.8 Å². The lowest BCUT2D eigenvalue weighted by Gasteiger charge is -2.14. The van der Waals surface area contributed by atoms with Crippen LogP contribution in [0.15, 0.2) is 30.9 Å². The highest BCUT2D eigenvalue weighted by molar-refractivity contribution is 5.44. The number of nitrogens with one attached hydrogen (secondary N) is 2. The third kappa shape index (κ3) is 2.18. The Morgan fingerprint density at radius 1 is 1.44 bits per heavy atom. The molecule has 0 amide bonds. The molecule has 0 aliphatic rings. The van der Waals surface area contributed by atoms with Crippen LogP contribution in [0.25, 0.3) is 0 Å². The van der Waals surface area contributed by atoms with Crippen LogP contribution in [0.1, 0.15) is 17.4 Å². The lowest BCUT2D eigenvalue weighted by Crippen LogP contribution is -2.30. The lowest BCUT2D eigenvalue weighted by atomic mass is 10.1. The van der Waals surface area contributed by atoms with Crippen LogP contribution in [0.2, 0.25) is 0 Å². The van der Waals surface area contributed by atoms with Crippen molar-refractivity contribution in [2.75, 3.05) is 5.73 Å². The molecule has 0 aliphatic heterocycles. The molecule has 2 heterocycles. The van der Waals surface area contributed by atoms with E-state index in [0.717, 1.165) is 11.4 Å². The van der Waals surface area contributed by atoms with Crippen molar-refractivity contribution in [3.05, 3.63) is 42.2 Å². The zero-order valence-electron chi connectivity index (χ0n) is 8.72. The van der Waals surface area contributed by atoms with Crippen LogP contribution in [-0.2, 0) is 6.42 Å². The summed E-state index contributed by atoms with van der Waals surface area (Å²) in [7, 11) is 0. The van der Waals surface area contributed by atoms with Crippen LogP contribution in [0, 0.1) is 0 Å². The maximum absolute atomic E-state index is 5.84. The van der Waals surface area contributed by atoms with Crippen molar-refractivity contribution in [1.82, 2.24) is 20.4 Å². The Morgan fingerprint density at radius 3 is 2.94 bits per heavy atom. The highest BCUT2D eigenvalue weighted by atomic mass is 15.2. The summed E-state index contributed by atoms with van der Waals surface area (Å²) >= 11 is 0. The number of nitrogens with zero attached hydrogens (tertiary/aromatic N) is 2. The van der Waals surface area contributed by atoms with Gasteiger partial charge < -0.3 is 10.7 Å². The molecule has 84 valence electrons. The number of nitrogen functional groups attached to an aromatic ring is 1. The number of aromatic amines is 1. The van der Waals surface area contributed by atoms with E-state index in [2.05, 4.69) is 20.4 Å². The van der Waals surface area contributed by atoms with Gasteiger partial charge in [-0.25, -0.2) is 10.4 Å². The molecule has 6 nitrogen and oxygen atoms in total.